The molecule has 60 valence electrons. The lowest BCUT2D eigenvalue weighted by Gasteiger charge is -1.93. The summed E-state index contributed by atoms with van der Waals surface area (Å²) in [6, 6.07) is 2.96. The normalized spacial score (nSPS) is 10.3. The quantitative estimate of drug-likeness (QED) is 0.680. The Morgan fingerprint density at radius 1 is 1.42 bits per heavy atom. The highest BCUT2D eigenvalue weighted by atomic mass is 32.1. The maximum absolute atomic E-state index is 10.3. The van der Waals surface area contributed by atoms with Gasteiger partial charge in [-0.1, -0.05) is 0 Å². The lowest BCUT2D eigenvalue weighted by Crippen LogP contribution is -1.71. The van der Waals surface area contributed by atoms with Crippen LogP contribution in [0.3, 0.4) is 0 Å². The molecule has 0 saturated carbocycles. The third-order valence-electron chi connectivity index (χ3n) is 1.47. The molecule has 1 aromatic heterocycles. The van der Waals surface area contributed by atoms with Crippen molar-refractivity contribution in [2.45, 2.75) is 0 Å². The van der Waals surface area contributed by atoms with Gasteiger partial charge in [0.05, 0.1) is 11.7 Å². The van der Waals surface area contributed by atoms with Crippen LogP contribution >= 0.6 is 11.7 Å². The summed E-state index contributed by atoms with van der Waals surface area (Å²) >= 11 is 0.981. The smallest absolute Gasteiger partial charge is 0.178 e. The van der Waals surface area contributed by atoms with E-state index in [-0.39, 0.29) is 11.4 Å². The predicted molar refractivity (Wildman–Crippen MR) is 44.5 cm³/mol. The van der Waals surface area contributed by atoms with Crippen LogP contribution in [-0.4, -0.2) is 13.9 Å². The minimum absolute atomic E-state index is 0.0405. The van der Waals surface area contributed by atoms with Gasteiger partial charge < -0.3 is 5.11 Å². The molecule has 0 unspecified atom stereocenters. The molecule has 0 aliphatic carbocycles. The van der Waals surface area contributed by atoms with Gasteiger partial charge in [0.15, 0.2) is 5.69 Å². The van der Waals surface area contributed by atoms with Gasteiger partial charge in [0.25, 0.3) is 0 Å². The summed E-state index contributed by atoms with van der Waals surface area (Å²) in [7, 11) is 0. The average Bonchev–Trinajstić information content (AvgIpc) is 2.52. The molecular formula is C6H3N3O2S. The molecule has 1 N–H and O–H groups in total. The Hall–Kier alpha value is -1.56. The summed E-state index contributed by atoms with van der Waals surface area (Å²) in [5.74, 6) is -0.162. The molecule has 1 aromatic carbocycles. The second-order valence-corrected chi connectivity index (χ2v) is 2.68. The highest BCUT2D eigenvalue weighted by Gasteiger charge is 2.09. The molecule has 2 rings (SSSR count). The van der Waals surface area contributed by atoms with Crippen LogP contribution in [0.2, 0.25) is 0 Å². The standard InChI is InChI=1S/C6H3N3O2S/c10-4-2-1-3-5(6(4)7-11)9-12-8-3/h1-2,10H. The van der Waals surface area contributed by atoms with E-state index < -0.39 is 0 Å². The molecule has 0 radical (unpaired) electrons. The molecule has 0 aliphatic heterocycles. The number of nitrogens with zero attached hydrogens (tertiary/aromatic N) is 3. The van der Waals surface area contributed by atoms with Crippen molar-refractivity contribution in [3.63, 3.8) is 0 Å². The van der Waals surface area contributed by atoms with Crippen molar-refractivity contribution in [2.24, 2.45) is 5.18 Å². The van der Waals surface area contributed by atoms with Gasteiger partial charge in [-0.05, 0) is 17.3 Å². The maximum Gasteiger partial charge on any atom is 0.178 e. The van der Waals surface area contributed by atoms with Crippen molar-refractivity contribution in [1.29, 1.82) is 0 Å². The number of benzene rings is 1. The molecule has 1 heterocycles. The van der Waals surface area contributed by atoms with Crippen LogP contribution in [0.1, 0.15) is 0 Å². The van der Waals surface area contributed by atoms with E-state index in [1.54, 1.807) is 6.07 Å². The van der Waals surface area contributed by atoms with Gasteiger partial charge in [-0.3, -0.25) is 0 Å². The Morgan fingerprint density at radius 3 is 3.00 bits per heavy atom. The third-order valence-corrected chi connectivity index (χ3v) is 2.01. The Balaban J connectivity index is 2.91. The van der Waals surface area contributed by atoms with E-state index in [2.05, 4.69) is 13.9 Å². The van der Waals surface area contributed by atoms with Crippen molar-refractivity contribution in [3.05, 3.63) is 17.0 Å². The van der Waals surface area contributed by atoms with E-state index in [4.69, 9.17) is 0 Å². The molecule has 6 heteroatoms. The maximum atomic E-state index is 10.3. The molecule has 0 atom stereocenters. The molecule has 0 amide bonds. The van der Waals surface area contributed by atoms with Gasteiger partial charge in [0.2, 0.25) is 0 Å². The number of hydrogen-bond donors (Lipinski definition) is 1. The van der Waals surface area contributed by atoms with E-state index in [0.717, 1.165) is 11.7 Å². The minimum atomic E-state index is -0.162. The Kier molecular flexibility index (Phi) is 1.47. The van der Waals surface area contributed by atoms with Gasteiger partial charge in [-0.25, -0.2) is 0 Å². The highest BCUT2D eigenvalue weighted by Crippen LogP contribution is 2.33. The largest absolute Gasteiger partial charge is 0.505 e. The molecule has 2 aromatic rings. The molecular weight excluding hydrogens is 178 g/mol. The van der Waals surface area contributed by atoms with Crippen LogP contribution < -0.4 is 0 Å². The van der Waals surface area contributed by atoms with E-state index in [9.17, 15) is 10.0 Å². The summed E-state index contributed by atoms with van der Waals surface area (Å²) in [5, 5.41) is 11.8. The fourth-order valence-corrected chi connectivity index (χ4v) is 1.46. The molecule has 0 spiro atoms. The number of rotatable bonds is 1. The molecule has 0 aliphatic rings. The first-order valence-electron chi connectivity index (χ1n) is 3.10. The van der Waals surface area contributed by atoms with Gasteiger partial charge in [0, 0.05) is 0 Å². The van der Waals surface area contributed by atoms with Crippen molar-refractivity contribution < 1.29 is 5.11 Å². The topological polar surface area (TPSA) is 75.4 Å². The Bertz CT molecular complexity index is 439. The van der Waals surface area contributed by atoms with Gasteiger partial charge in [0.1, 0.15) is 16.8 Å². The second kappa shape index (κ2) is 2.49. The molecule has 5 nitrogen and oxygen atoms in total. The fourth-order valence-electron chi connectivity index (χ4n) is 0.917. The number of aromatic hydroxyl groups is 1. The zero-order valence-electron chi connectivity index (χ0n) is 5.76. The third kappa shape index (κ3) is 0.850. The summed E-state index contributed by atoms with van der Waals surface area (Å²) in [6.07, 6.45) is 0. The van der Waals surface area contributed by atoms with Crippen molar-refractivity contribution in [2.75, 3.05) is 0 Å². The van der Waals surface area contributed by atoms with Crippen LogP contribution in [-0.2, 0) is 0 Å². The first-order chi connectivity index (χ1) is 5.83. The zero-order valence-corrected chi connectivity index (χ0v) is 6.58. The van der Waals surface area contributed by atoms with Crippen LogP contribution in [0.5, 0.6) is 5.75 Å². The van der Waals surface area contributed by atoms with Gasteiger partial charge >= 0.3 is 0 Å². The first-order valence-corrected chi connectivity index (χ1v) is 3.83. The number of phenolic OH excluding ortho intramolecular Hbond substituents is 1. The molecule has 0 fully saturated rings. The molecule has 12 heavy (non-hydrogen) atoms. The van der Waals surface area contributed by atoms with Crippen LogP contribution in [0.4, 0.5) is 5.69 Å². The van der Waals surface area contributed by atoms with Crippen molar-refractivity contribution in [1.82, 2.24) is 8.75 Å². The Labute approximate surface area is 71.0 Å². The number of phenols is 1. The second-order valence-electron chi connectivity index (χ2n) is 2.16. The summed E-state index contributed by atoms with van der Waals surface area (Å²) in [5.41, 5.74) is 0.892. The van der Waals surface area contributed by atoms with Crippen molar-refractivity contribution >= 4 is 28.4 Å². The highest BCUT2D eigenvalue weighted by molar-refractivity contribution is 7.00. The monoisotopic (exact) mass is 181 g/mol. The number of aromatic nitrogens is 2. The lowest BCUT2D eigenvalue weighted by atomic mass is 10.2. The average molecular weight is 181 g/mol. The van der Waals surface area contributed by atoms with Gasteiger partial charge in [-0.2, -0.15) is 8.75 Å². The summed E-state index contributed by atoms with van der Waals surface area (Å²) in [6.45, 7) is 0. The molecule has 0 bridgehead atoms. The van der Waals surface area contributed by atoms with Crippen LogP contribution in [0.15, 0.2) is 17.3 Å². The lowest BCUT2D eigenvalue weighted by molar-refractivity contribution is 0.477. The van der Waals surface area contributed by atoms with Crippen LogP contribution in [0, 0.1) is 4.91 Å². The van der Waals surface area contributed by atoms with Gasteiger partial charge in [-0.15, -0.1) is 4.91 Å². The van der Waals surface area contributed by atoms with E-state index >= 15 is 0 Å². The van der Waals surface area contributed by atoms with E-state index in [1.807, 2.05) is 0 Å². The zero-order chi connectivity index (χ0) is 8.55. The Morgan fingerprint density at radius 2 is 2.25 bits per heavy atom. The fraction of sp³-hybridized carbons (Fsp3) is 0. The SMILES string of the molecule is O=Nc1c(O)ccc2nsnc12. The first kappa shape index (κ1) is 7.11. The van der Waals surface area contributed by atoms with Crippen molar-refractivity contribution in [3.8, 4) is 5.75 Å². The number of fused-ring (bicyclic) bond motifs is 1. The number of hydrogen-bond acceptors (Lipinski definition) is 6. The van der Waals surface area contributed by atoms with E-state index in [0.29, 0.717) is 11.0 Å². The summed E-state index contributed by atoms with van der Waals surface area (Å²) in [4.78, 5) is 10.3. The van der Waals surface area contributed by atoms with E-state index in [1.165, 1.54) is 6.07 Å². The molecule has 0 saturated heterocycles. The number of nitroso groups, excluding NO2 is 1. The summed E-state index contributed by atoms with van der Waals surface area (Å²) < 4.78 is 7.72. The predicted octanol–water partition coefficient (Wildman–Crippen LogP) is 1.79. The minimum Gasteiger partial charge on any atom is -0.505 e. The van der Waals surface area contributed by atoms with Crippen LogP contribution in [0.25, 0.3) is 11.0 Å².